The average Bonchev–Trinajstić information content (AvgIpc) is 2.54. The molecule has 2 rings (SSSR count). The van der Waals surface area contributed by atoms with Gasteiger partial charge in [0.25, 0.3) is 15.9 Å². The Morgan fingerprint density at radius 3 is 2.52 bits per heavy atom. The Kier molecular flexibility index (Phi) is 5.68. The van der Waals surface area contributed by atoms with Crippen LogP contribution in [-0.4, -0.2) is 25.4 Å². The Morgan fingerprint density at radius 2 is 1.96 bits per heavy atom. The molecule has 1 amide bonds. The van der Waals surface area contributed by atoms with Crippen LogP contribution < -0.4 is 9.46 Å². The molecule has 0 spiro atoms. The molecule has 0 aliphatic heterocycles. The molecule has 0 bridgehead atoms. The number of benzene rings is 1. The molecule has 2 aromatic rings. The fourth-order valence-corrected chi connectivity index (χ4v) is 2.91. The van der Waals surface area contributed by atoms with E-state index < -0.39 is 39.6 Å². The van der Waals surface area contributed by atoms with E-state index in [9.17, 15) is 22.0 Å². The number of carbonyl (C=O) groups is 1. The predicted octanol–water partition coefficient (Wildman–Crippen LogP) is 2.27. The molecule has 1 N–H and O–H groups in total. The molecule has 0 aliphatic carbocycles. The normalized spacial score (nSPS) is 12.7. The first kappa shape index (κ1) is 18.8. The van der Waals surface area contributed by atoms with E-state index in [0.717, 1.165) is 18.3 Å². The summed E-state index contributed by atoms with van der Waals surface area (Å²) in [5, 5.41) is 0. The quantitative estimate of drug-likeness (QED) is 0.843. The standard InChI is InChI=1S/C16H16F2N2O4S/c1-10(2)15(24-14-6-5-11(17)8-13(14)18)16(21)20-25(22,23)12-4-3-7-19-9-12/h3-10,15H,1-2H3,(H,20,21)/t15-/m1/s1. The molecule has 134 valence electrons. The van der Waals surface area contributed by atoms with E-state index in [0.29, 0.717) is 6.07 Å². The summed E-state index contributed by atoms with van der Waals surface area (Å²) in [6.45, 7) is 3.20. The number of carbonyl (C=O) groups excluding carboxylic acids is 1. The van der Waals surface area contributed by atoms with Gasteiger partial charge in [-0.15, -0.1) is 0 Å². The average molecular weight is 370 g/mol. The largest absolute Gasteiger partial charge is 0.477 e. The van der Waals surface area contributed by atoms with Gasteiger partial charge in [0.05, 0.1) is 0 Å². The molecule has 25 heavy (non-hydrogen) atoms. The number of hydrogen-bond acceptors (Lipinski definition) is 5. The van der Waals surface area contributed by atoms with Gasteiger partial charge in [0.2, 0.25) is 0 Å². The zero-order valence-corrected chi connectivity index (χ0v) is 14.3. The number of halogens is 2. The van der Waals surface area contributed by atoms with Crippen LogP contribution in [0.2, 0.25) is 0 Å². The van der Waals surface area contributed by atoms with Gasteiger partial charge in [-0.25, -0.2) is 21.9 Å². The van der Waals surface area contributed by atoms with Crippen molar-refractivity contribution in [1.29, 1.82) is 0 Å². The van der Waals surface area contributed by atoms with Gasteiger partial charge in [0, 0.05) is 18.5 Å². The molecule has 1 aromatic carbocycles. The van der Waals surface area contributed by atoms with Crippen LogP contribution in [0.5, 0.6) is 5.75 Å². The lowest BCUT2D eigenvalue weighted by atomic mass is 10.1. The fourth-order valence-electron chi connectivity index (χ4n) is 1.96. The molecular formula is C16H16F2N2O4S. The van der Waals surface area contributed by atoms with Gasteiger partial charge in [-0.3, -0.25) is 9.78 Å². The third-order valence-electron chi connectivity index (χ3n) is 3.19. The second-order valence-electron chi connectivity index (χ2n) is 5.52. The summed E-state index contributed by atoms with van der Waals surface area (Å²) in [7, 11) is -4.14. The van der Waals surface area contributed by atoms with Crippen molar-refractivity contribution in [3.8, 4) is 5.75 Å². The predicted molar refractivity (Wildman–Crippen MR) is 85.2 cm³/mol. The second-order valence-corrected chi connectivity index (χ2v) is 7.20. The van der Waals surface area contributed by atoms with Crippen molar-refractivity contribution in [2.24, 2.45) is 5.92 Å². The number of rotatable bonds is 6. The summed E-state index contributed by atoms with van der Waals surface area (Å²) in [4.78, 5) is 15.8. The monoisotopic (exact) mass is 370 g/mol. The lowest BCUT2D eigenvalue weighted by molar-refractivity contribution is -0.128. The lowest BCUT2D eigenvalue weighted by Crippen LogP contribution is -2.44. The van der Waals surface area contributed by atoms with Gasteiger partial charge in [0.1, 0.15) is 10.7 Å². The first-order valence-corrected chi connectivity index (χ1v) is 8.77. The number of hydrogen-bond donors (Lipinski definition) is 1. The molecule has 0 fully saturated rings. The first-order valence-electron chi connectivity index (χ1n) is 7.29. The molecular weight excluding hydrogens is 354 g/mol. The summed E-state index contributed by atoms with van der Waals surface area (Å²) < 4.78 is 58.2. The minimum absolute atomic E-state index is 0.196. The maximum Gasteiger partial charge on any atom is 0.275 e. The van der Waals surface area contributed by atoms with Gasteiger partial charge in [-0.05, 0) is 30.2 Å². The molecule has 6 nitrogen and oxygen atoms in total. The molecule has 1 heterocycles. The summed E-state index contributed by atoms with van der Waals surface area (Å²) in [6, 6.07) is 5.29. The van der Waals surface area contributed by atoms with Crippen LogP contribution in [0, 0.1) is 17.6 Å². The number of nitrogens with zero attached hydrogens (tertiary/aromatic N) is 1. The minimum Gasteiger partial charge on any atom is -0.477 e. The van der Waals surface area contributed by atoms with Crippen LogP contribution in [0.25, 0.3) is 0 Å². The number of nitrogens with one attached hydrogen (secondary N) is 1. The number of ether oxygens (including phenoxy) is 1. The van der Waals surface area contributed by atoms with Crippen molar-refractivity contribution < 1.29 is 26.7 Å². The molecule has 0 radical (unpaired) electrons. The van der Waals surface area contributed by atoms with Crippen LogP contribution in [-0.2, 0) is 14.8 Å². The minimum atomic E-state index is -4.14. The smallest absolute Gasteiger partial charge is 0.275 e. The second kappa shape index (κ2) is 7.56. The lowest BCUT2D eigenvalue weighted by Gasteiger charge is -2.22. The Balaban J connectivity index is 2.21. The molecule has 9 heteroatoms. The summed E-state index contributed by atoms with van der Waals surface area (Å²) in [5.74, 6) is -3.59. The van der Waals surface area contributed by atoms with Crippen molar-refractivity contribution in [2.45, 2.75) is 24.8 Å². The zero-order valence-electron chi connectivity index (χ0n) is 13.4. The summed E-state index contributed by atoms with van der Waals surface area (Å²) in [5.41, 5.74) is 0. The third-order valence-corrected chi connectivity index (χ3v) is 4.52. The van der Waals surface area contributed by atoms with Crippen LogP contribution in [0.3, 0.4) is 0 Å². The van der Waals surface area contributed by atoms with Gasteiger partial charge < -0.3 is 4.74 Å². The molecule has 0 saturated heterocycles. The zero-order chi connectivity index (χ0) is 18.6. The van der Waals surface area contributed by atoms with E-state index in [1.165, 1.54) is 18.3 Å². The highest BCUT2D eigenvalue weighted by Crippen LogP contribution is 2.21. The highest BCUT2D eigenvalue weighted by atomic mass is 32.2. The van der Waals surface area contributed by atoms with Gasteiger partial charge in [-0.1, -0.05) is 13.8 Å². The maximum atomic E-state index is 13.7. The Morgan fingerprint density at radius 1 is 1.24 bits per heavy atom. The Bertz CT molecular complexity index is 858. The molecule has 0 unspecified atom stereocenters. The Hall–Kier alpha value is -2.55. The van der Waals surface area contributed by atoms with E-state index >= 15 is 0 Å². The van der Waals surface area contributed by atoms with E-state index in [2.05, 4.69) is 4.98 Å². The van der Waals surface area contributed by atoms with Gasteiger partial charge >= 0.3 is 0 Å². The van der Waals surface area contributed by atoms with Gasteiger partial charge in [-0.2, -0.15) is 0 Å². The van der Waals surface area contributed by atoms with Crippen molar-refractivity contribution in [2.75, 3.05) is 0 Å². The SMILES string of the molecule is CC(C)[C@@H](Oc1ccc(F)cc1F)C(=O)NS(=O)(=O)c1cccnc1. The van der Waals surface area contributed by atoms with Crippen molar-refractivity contribution in [3.63, 3.8) is 0 Å². The molecule has 1 atom stereocenters. The van der Waals surface area contributed by atoms with Crippen molar-refractivity contribution >= 4 is 15.9 Å². The number of aromatic nitrogens is 1. The van der Waals surface area contributed by atoms with Crippen LogP contribution >= 0.6 is 0 Å². The summed E-state index contributed by atoms with van der Waals surface area (Å²) in [6.07, 6.45) is 1.17. The molecule has 1 aromatic heterocycles. The van der Waals surface area contributed by atoms with E-state index in [1.54, 1.807) is 13.8 Å². The fraction of sp³-hybridized carbons (Fsp3) is 0.250. The van der Waals surface area contributed by atoms with Crippen LogP contribution in [0.15, 0.2) is 47.6 Å². The number of sulfonamides is 1. The molecule has 0 aliphatic rings. The first-order chi connectivity index (χ1) is 11.7. The topological polar surface area (TPSA) is 85.4 Å². The summed E-state index contributed by atoms with van der Waals surface area (Å²) >= 11 is 0. The van der Waals surface area contributed by atoms with Crippen LogP contribution in [0.1, 0.15) is 13.8 Å². The highest BCUT2D eigenvalue weighted by Gasteiger charge is 2.29. The highest BCUT2D eigenvalue weighted by molar-refractivity contribution is 7.90. The van der Waals surface area contributed by atoms with Crippen molar-refractivity contribution in [1.82, 2.24) is 9.71 Å². The van der Waals surface area contributed by atoms with E-state index in [1.807, 2.05) is 4.72 Å². The number of pyridine rings is 1. The van der Waals surface area contributed by atoms with E-state index in [4.69, 9.17) is 4.74 Å². The maximum absolute atomic E-state index is 13.7. The third kappa shape index (κ3) is 4.72. The molecule has 0 saturated carbocycles. The van der Waals surface area contributed by atoms with Crippen molar-refractivity contribution in [3.05, 3.63) is 54.4 Å². The van der Waals surface area contributed by atoms with Gasteiger partial charge in [0.15, 0.2) is 17.7 Å². The van der Waals surface area contributed by atoms with Crippen LogP contribution in [0.4, 0.5) is 8.78 Å². The van der Waals surface area contributed by atoms with E-state index in [-0.39, 0.29) is 10.6 Å². The number of amides is 1. The Labute approximate surface area is 143 Å².